The molecule has 1 fully saturated rings. The summed E-state index contributed by atoms with van der Waals surface area (Å²) in [6.45, 7) is 3.19. The van der Waals surface area contributed by atoms with Gasteiger partial charge in [0.25, 0.3) is 0 Å². The second-order valence-electron chi connectivity index (χ2n) is 6.56. The first-order valence-electron chi connectivity index (χ1n) is 8.90. The van der Waals surface area contributed by atoms with Crippen LogP contribution in [0.25, 0.3) is 11.0 Å². The standard InChI is InChI=1S/C20H21ClN4O/c21-17-6-1-2-7-18(17)24-9-4-10-25(12-11-24)19(26)13-15-14-23-20-16(15)5-3-8-22-20/h1-3,5-8,14H,4,9-13H2,(H,22,23). The van der Waals surface area contributed by atoms with Gasteiger partial charge in [-0.1, -0.05) is 23.7 Å². The second kappa shape index (κ2) is 7.38. The van der Waals surface area contributed by atoms with E-state index in [9.17, 15) is 4.79 Å². The van der Waals surface area contributed by atoms with Crippen molar-refractivity contribution in [3.8, 4) is 0 Å². The van der Waals surface area contributed by atoms with Gasteiger partial charge in [-0.3, -0.25) is 4.79 Å². The summed E-state index contributed by atoms with van der Waals surface area (Å²) >= 11 is 6.33. The smallest absolute Gasteiger partial charge is 0.227 e. The van der Waals surface area contributed by atoms with E-state index in [0.29, 0.717) is 13.0 Å². The molecule has 6 heteroatoms. The van der Waals surface area contributed by atoms with E-state index in [1.54, 1.807) is 6.20 Å². The van der Waals surface area contributed by atoms with Gasteiger partial charge in [-0.15, -0.1) is 0 Å². The predicted octanol–water partition coefficient (Wildman–Crippen LogP) is 3.50. The highest BCUT2D eigenvalue weighted by atomic mass is 35.5. The van der Waals surface area contributed by atoms with Crippen LogP contribution < -0.4 is 4.90 Å². The molecule has 134 valence electrons. The molecule has 0 saturated carbocycles. The Morgan fingerprint density at radius 3 is 2.88 bits per heavy atom. The minimum Gasteiger partial charge on any atom is -0.368 e. The Hall–Kier alpha value is -2.53. The number of nitrogens with zero attached hydrogens (tertiary/aromatic N) is 3. The summed E-state index contributed by atoms with van der Waals surface area (Å²) in [5.41, 5.74) is 2.88. The number of rotatable bonds is 3. The maximum atomic E-state index is 12.8. The largest absolute Gasteiger partial charge is 0.368 e. The number of para-hydroxylation sites is 1. The van der Waals surface area contributed by atoms with Crippen LogP contribution in [0.4, 0.5) is 5.69 Å². The molecular formula is C20H21ClN4O. The zero-order valence-corrected chi connectivity index (χ0v) is 15.2. The van der Waals surface area contributed by atoms with Crippen molar-refractivity contribution in [2.45, 2.75) is 12.8 Å². The fourth-order valence-corrected chi connectivity index (χ4v) is 3.80. The number of carbonyl (C=O) groups is 1. The molecule has 0 unspecified atom stereocenters. The number of anilines is 1. The van der Waals surface area contributed by atoms with E-state index in [1.807, 2.05) is 47.5 Å². The maximum Gasteiger partial charge on any atom is 0.227 e. The molecule has 4 rings (SSSR count). The van der Waals surface area contributed by atoms with Gasteiger partial charge in [0.15, 0.2) is 0 Å². The zero-order valence-electron chi connectivity index (χ0n) is 14.5. The lowest BCUT2D eigenvalue weighted by Gasteiger charge is -2.24. The van der Waals surface area contributed by atoms with Crippen LogP contribution in [-0.4, -0.2) is 47.0 Å². The van der Waals surface area contributed by atoms with Crippen molar-refractivity contribution >= 4 is 34.2 Å². The molecule has 1 aromatic carbocycles. The number of nitrogens with one attached hydrogen (secondary N) is 1. The minimum atomic E-state index is 0.163. The average Bonchev–Trinajstić information content (AvgIpc) is 2.90. The Morgan fingerprint density at radius 1 is 1.12 bits per heavy atom. The van der Waals surface area contributed by atoms with E-state index in [0.717, 1.165) is 53.4 Å². The number of hydrogen-bond acceptors (Lipinski definition) is 3. The van der Waals surface area contributed by atoms with E-state index in [2.05, 4.69) is 14.9 Å². The van der Waals surface area contributed by atoms with Crippen LogP contribution in [0.15, 0.2) is 48.8 Å². The third-order valence-corrected chi connectivity index (χ3v) is 5.24. The molecule has 1 N–H and O–H groups in total. The third-order valence-electron chi connectivity index (χ3n) is 4.92. The van der Waals surface area contributed by atoms with E-state index in [4.69, 9.17) is 11.6 Å². The van der Waals surface area contributed by atoms with Gasteiger partial charge in [0, 0.05) is 44.0 Å². The van der Waals surface area contributed by atoms with Gasteiger partial charge in [0.1, 0.15) is 5.65 Å². The predicted molar refractivity (Wildman–Crippen MR) is 105 cm³/mol. The van der Waals surface area contributed by atoms with Gasteiger partial charge in [-0.2, -0.15) is 0 Å². The Balaban J connectivity index is 1.44. The molecule has 1 aliphatic heterocycles. The van der Waals surface area contributed by atoms with Gasteiger partial charge < -0.3 is 14.8 Å². The number of aromatic amines is 1. The van der Waals surface area contributed by atoms with Crippen LogP contribution in [0.3, 0.4) is 0 Å². The van der Waals surface area contributed by atoms with Crippen molar-refractivity contribution in [1.82, 2.24) is 14.9 Å². The number of aromatic nitrogens is 2. The lowest BCUT2D eigenvalue weighted by Crippen LogP contribution is -2.36. The van der Waals surface area contributed by atoms with Gasteiger partial charge in [0.2, 0.25) is 5.91 Å². The second-order valence-corrected chi connectivity index (χ2v) is 6.97. The number of amides is 1. The molecule has 1 amide bonds. The maximum absolute atomic E-state index is 12.8. The fourth-order valence-electron chi connectivity index (χ4n) is 3.55. The molecule has 0 spiro atoms. The lowest BCUT2D eigenvalue weighted by molar-refractivity contribution is -0.130. The van der Waals surface area contributed by atoms with E-state index < -0.39 is 0 Å². The highest BCUT2D eigenvalue weighted by molar-refractivity contribution is 6.33. The van der Waals surface area contributed by atoms with E-state index in [1.165, 1.54) is 0 Å². The SMILES string of the molecule is O=C(Cc1c[nH]c2ncccc12)N1CCCN(c2ccccc2Cl)CC1. The Kier molecular flexibility index (Phi) is 4.80. The molecule has 0 atom stereocenters. The highest BCUT2D eigenvalue weighted by Crippen LogP contribution is 2.26. The average molecular weight is 369 g/mol. The first kappa shape index (κ1) is 16.9. The van der Waals surface area contributed by atoms with Crippen molar-refractivity contribution in [3.05, 3.63) is 59.4 Å². The molecule has 3 heterocycles. The molecule has 0 bridgehead atoms. The first-order valence-corrected chi connectivity index (χ1v) is 9.28. The van der Waals surface area contributed by atoms with Crippen LogP contribution in [-0.2, 0) is 11.2 Å². The number of pyridine rings is 1. The Bertz CT molecular complexity index is 923. The number of fused-ring (bicyclic) bond motifs is 1. The molecule has 5 nitrogen and oxygen atoms in total. The van der Waals surface area contributed by atoms with E-state index >= 15 is 0 Å². The summed E-state index contributed by atoms with van der Waals surface area (Å²) in [5.74, 6) is 0.163. The van der Waals surface area contributed by atoms with Gasteiger partial charge in [-0.25, -0.2) is 4.98 Å². The quantitative estimate of drug-likeness (QED) is 0.769. The van der Waals surface area contributed by atoms with Crippen molar-refractivity contribution in [1.29, 1.82) is 0 Å². The van der Waals surface area contributed by atoms with Gasteiger partial charge in [-0.05, 0) is 36.2 Å². The highest BCUT2D eigenvalue weighted by Gasteiger charge is 2.21. The summed E-state index contributed by atoms with van der Waals surface area (Å²) in [4.78, 5) is 24.5. The summed E-state index contributed by atoms with van der Waals surface area (Å²) < 4.78 is 0. The van der Waals surface area contributed by atoms with Gasteiger partial charge >= 0.3 is 0 Å². The Morgan fingerprint density at radius 2 is 2.00 bits per heavy atom. The molecule has 3 aromatic rings. The summed E-state index contributed by atoms with van der Waals surface area (Å²) in [7, 11) is 0. The number of hydrogen-bond donors (Lipinski definition) is 1. The first-order chi connectivity index (χ1) is 12.7. The lowest BCUT2D eigenvalue weighted by atomic mass is 10.1. The zero-order chi connectivity index (χ0) is 17.9. The normalized spacial score (nSPS) is 15.3. The summed E-state index contributed by atoms with van der Waals surface area (Å²) in [6, 6.07) is 11.8. The fraction of sp³-hybridized carbons (Fsp3) is 0.300. The molecule has 26 heavy (non-hydrogen) atoms. The number of halogens is 1. The Labute approximate surface area is 157 Å². The molecule has 1 saturated heterocycles. The van der Waals surface area contributed by atoms with Crippen molar-refractivity contribution in [3.63, 3.8) is 0 Å². The van der Waals surface area contributed by atoms with Crippen LogP contribution in [0, 0.1) is 0 Å². The summed E-state index contributed by atoms with van der Waals surface area (Å²) in [6.07, 6.45) is 4.98. The topological polar surface area (TPSA) is 52.2 Å². The van der Waals surface area contributed by atoms with Crippen LogP contribution in [0.1, 0.15) is 12.0 Å². The van der Waals surface area contributed by atoms with Crippen molar-refractivity contribution in [2.75, 3.05) is 31.1 Å². The number of benzene rings is 1. The van der Waals surface area contributed by atoms with Crippen molar-refractivity contribution in [2.24, 2.45) is 0 Å². The monoisotopic (exact) mass is 368 g/mol. The molecule has 0 aliphatic carbocycles. The van der Waals surface area contributed by atoms with Crippen LogP contribution in [0.5, 0.6) is 0 Å². The van der Waals surface area contributed by atoms with Crippen LogP contribution in [0.2, 0.25) is 5.02 Å². The van der Waals surface area contributed by atoms with E-state index in [-0.39, 0.29) is 5.91 Å². The molecule has 1 aliphatic rings. The van der Waals surface area contributed by atoms with Gasteiger partial charge in [0.05, 0.1) is 17.1 Å². The number of H-pyrrole nitrogens is 1. The minimum absolute atomic E-state index is 0.163. The van der Waals surface area contributed by atoms with Crippen molar-refractivity contribution < 1.29 is 4.79 Å². The van der Waals surface area contributed by atoms with Crippen LogP contribution >= 0.6 is 11.6 Å². The summed E-state index contributed by atoms with van der Waals surface area (Å²) in [5, 5.41) is 1.78. The molecular weight excluding hydrogens is 348 g/mol. The molecule has 2 aromatic heterocycles. The molecule has 0 radical (unpaired) electrons. The number of carbonyl (C=O) groups excluding carboxylic acids is 1. The third kappa shape index (κ3) is 3.40.